The second kappa shape index (κ2) is 10.3. The fourth-order valence-electron chi connectivity index (χ4n) is 6.11. The molecule has 0 bridgehead atoms. The SMILES string of the molecule is [C-]#[N+]C1=C(C)/C(=C/c2cc3c(s2)-c2sc(/C=C4\C(=O)N(C)C(=O)C(C#N)=C4C)cc2OC32CCCCC2)C(=O)N(C)C1=O. The lowest BCUT2D eigenvalue weighted by Crippen LogP contribution is -2.39. The first kappa shape index (κ1) is 28.5. The molecule has 2 aromatic rings. The minimum atomic E-state index is -0.610. The minimum absolute atomic E-state index is 0.0550. The van der Waals surface area contributed by atoms with Crippen molar-refractivity contribution in [2.45, 2.75) is 51.6 Å². The van der Waals surface area contributed by atoms with Crippen molar-refractivity contribution in [3.63, 3.8) is 0 Å². The average Bonchev–Trinajstić information content (AvgIpc) is 3.61. The Kier molecular flexibility index (Phi) is 6.83. The van der Waals surface area contributed by atoms with Gasteiger partial charge in [-0.2, -0.15) is 5.26 Å². The standard InChI is InChI=1S/C32H26N4O5S2/c1-16-20(28(37)35(4)30(39)22(16)15-33)12-19-14-24-27(43-19)26-23(32(41-24)9-7-6-8-10-32)13-18(42-26)11-21-17(2)25(34-3)31(40)36(5)29(21)38/h11-14H,6-10H2,1-2,4-5H3/b20-12-,21-11-. The van der Waals surface area contributed by atoms with Crippen LogP contribution in [0.2, 0.25) is 0 Å². The number of amides is 4. The van der Waals surface area contributed by atoms with Gasteiger partial charge in [0, 0.05) is 40.6 Å². The number of nitrogens with zero attached hydrogens (tertiary/aromatic N) is 4. The van der Waals surface area contributed by atoms with Crippen LogP contribution in [0.3, 0.4) is 0 Å². The number of nitriles is 1. The Hall–Kier alpha value is -4.58. The molecule has 11 heteroatoms. The molecule has 1 fully saturated rings. The molecule has 1 aliphatic carbocycles. The van der Waals surface area contributed by atoms with E-state index in [0.29, 0.717) is 22.5 Å². The van der Waals surface area contributed by atoms with E-state index in [0.717, 1.165) is 67.0 Å². The number of likely N-dealkylation sites (N-methyl/N-ethyl adjacent to an activating group) is 2. The molecule has 1 spiro atoms. The number of rotatable bonds is 2. The van der Waals surface area contributed by atoms with Crippen molar-refractivity contribution in [2.75, 3.05) is 14.1 Å². The van der Waals surface area contributed by atoms with Gasteiger partial charge in [-0.1, -0.05) is 6.42 Å². The lowest BCUT2D eigenvalue weighted by Gasteiger charge is -2.40. The van der Waals surface area contributed by atoms with E-state index >= 15 is 0 Å². The van der Waals surface area contributed by atoms with E-state index in [1.165, 1.54) is 36.8 Å². The summed E-state index contributed by atoms with van der Waals surface area (Å²) in [5, 5.41) is 9.54. The molecule has 4 aliphatic rings. The van der Waals surface area contributed by atoms with Crippen LogP contribution >= 0.6 is 22.7 Å². The number of hydrogen-bond donors (Lipinski definition) is 0. The molecular formula is C32H26N4O5S2. The van der Waals surface area contributed by atoms with Gasteiger partial charge in [-0.15, -0.1) is 22.7 Å². The van der Waals surface area contributed by atoms with E-state index in [9.17, 15) is 24.4 Å². The van der Waals surface area contributed by atoms with Crippen molar-refractivity contribution in [3.05, 3.63) is 72.4 Å². The van der Waals surface area contributed by atoms with Crippen molar-refractivity contribution in [2.24, 2.45) is 0 Å². The van der Waals surface area contributed by atoms with E-state index in [2.05, 4.69) is 10.9 Å². The second-order valence-corrected chi connectivity index (χ2v) is 13.2. The van der Waals surface area contributed by atoms with Gasteiger partial charge in [0.05, 0.1) is 16.3 Å². The molecule has 0 unspecified atom stereocenters. The zero-order valence-electron chi connectivity index (χ0n) is 24.0. The molecule has 216 valence electrons. The Morgan fingerprint density at radius 1 is 0.884 bits per heavy atom. The highest BCUT2D eigenvalue weighted by Gasteiger charge is 2.44. The monoisotopic (exact) mass is 610 g/mol. The fraction of sp³-hybridized carbons (Fsp3) is 0.312. The number of thiophene rings is 2. The molecule has 43 heavy (non-hydrogen) atoms. The average molecular weight is 611 g/mol. The van der Waals surface area contributed by atoms with Crippen LogP contribution in [0.4, 0.5) is 0 Å². The fourth-order valence-corrected chi connectivity index (χ4v) is 8.48. The lowest BCUT2D eigenvalue weighted by molar-refractivity contribution is -0.140. The zero-order chi connectivity index (χ0) is 30.8. The highest BCUT2D eigenvalue weighted by atomic mass is 32.1. The minimum Gasteiger partial charge on any atom is -0.481 e. The van der Waals surface area contributed by atoms with Crippen LogP contribution in [-0.2, 0) is 24.8 Å². The Morgan fingerprint density at radius 3 is 2.09 bits per heavy atom. The molecule has 5 heterocycles. The van der Waals surface area contributed by atoms with Gasteiger partial charge in [0.1, 0.15) is 23.0 Å². The van der Waals surface area contributed by atoms with Crippen molar-refractivity contribution in [1.29, 1.82) is 5.26 Å². The first-order valence-electron chi connectivity index (χ1n) is 13.8. The third-order valence-electron chi connectivity index (χ3n) is 8.56. The van der Waals surface area contributed by atoms with Crippen molar-refractivity contribution < 1.29 is 23.9 Å². The molecule has 0 saturated heterocycles. The first-order chi connectivity index (χ1) is 20.5. The molecule has 1 saturated carbocycles. The van der Waals surface area contributed by atoms with E-state index in [4.69, 9.17) is 11.3 Å². The molecule has 0 radical (unpaired) electrons. The molecule has 0 N–H and O–H groups in total. The van der Waals surface area contributed by atoms with Crippen LogP contribution < -0.4 is 4.74 Å². The number of fused-ring (bicyclic) bond motifs is 4. The van der Waals surface area contributed by atoms with E-state index in [-0.39, 0.29) is 16.8 Å². The summed E-state index contributed by atoms with van der Waals surface area (Å²) >= 11 is 2.98. The Morgan fingerprint density at radius 2 is 1.47 bits per heavy atom. The van der Waals surface area contributed by atoms with Gasteiger partial charge in [0.25, 0.3) is 29.3 Å². The zero-order valence-corrected chi connectivity index (χ0v) is 25.6. The van der Waals surface area contributed by atoms with Crippen LogP contribution in [0.5, 0.6) is 5.75 Å². The van der Waals surface area contributed by atoms with Crippen LogP contribution in [0.25, 0.3) is 26.8 Å². The summed E-state index contributed by atoms with van der Waals surface area (Å²) in [6.45, 7) is 10.7. The number of carbonyl (C=O) groups is 4. The maximum Gasteiger partial charge on any atom is 0.271 e. The summed E-state index contributed by atoms with van der Waals surface area (Å²) in [6, 6.07) is 5.90. The molecular weight excluding hydrogens is 585 g/mol. The highest BCUT2D eigenvalue weighted by Crippen LogP contribution is 2.57. The first-order valence-corrected chi connectivity index (χ1v) is 15.4. The van der Waals surface area contributed by atoms with Crippen molar-refractivity contribution in [3.8, 4) is 21.6 Å². The largest absolute Gasteiger partial charge is 0.481 e. The van der Waals surface area contributed by atoms with Gasteiger partial charge < -0.3 is 4.74 Å². The Balaban J connectivity index is 1.49. The molecule has 0 aromatic carbocycles. The van der Waals surface area contributed by atoms with E-state index < -0.39 is 29.2 Å². The van der Waals surface area contributed by atoms with Crippen molar-refractivity contribution in [1.82, 2.24) is 9.80 Å². The van der Waals surface area contributed by atoms with Gasteiger partial charge in [0.2, 0.25) is 0 Å². The van der Waals surface area contributed by atoms with E-state index in [1.54, 1.807) is 26.0 Å². The maximum absolute atomic E-state index is 13.1. The third kappa shape index (κ3) is 4.31. The topological polar surface area (TPSA) is 112 Å². The Labute approximate surface area is 256 Å². The lowest BCUT2D eigenvalue weighted by atomic mass is 9.78. The number of ether oxygens (including phenoxy) is 1. The Bertz CT molecular complexity index is 1880. The maximum atomic E-state index is 13.1. The van der Waals surface area contributed by atoms with Gasteiger partial charge in [-0.3, -0.25) is 29.0 Å². The summed E-state index contributed by atoms with van der Waals surface area (Å²) in [6.07, 6.45) is 8.30. The molecule has 6 rings (SSSR count). The van der Waals surface area contributed by atoms with Crippen LogP contribution in [0, 0.1) is 17.9 Å². The quantitative estimate of drug-likeness (QED) is 0.241. The predicted octanol–water partition coefficient (Wildman–Crippen LogP) is 5.83. The van der Waals surface area contributed by atoms with Crippen molar-refractivity contribution >= 4 is 58.5 Å². The summed E-state index contributed by atoms with van der Waals surface area (Å²) in [5.74, 6) is -1.41. The number of hydrogen-bond acceptors (Lipinski definition) is 8. The van der Waals surface area contributed by atoms with Crippen LogP contribution in [0.1, 0.15) is 61.3 Å². The van der Waals surface area contributed by atoms with Gasteiger partial charge in [0.15, 0.2) is 0 Å². The molecule has 4 amide bonds. The smallest absolute Gasteiger partial charge is 0.271 e. The van der Waals surface area contributed by atoms with E-state index in [1.807, 2.05) is 12.1 Å². The molecule has 3 aliphatic heterocycles. The third-order valence-corrected chi connectivity index (χ3v) is 10.9. The van der Waals surface area contributed by atoms with Gasteiger partial charge >= 0.3 is 0 Å². The normalized spacial score (nSPS) is 21.8. The van der Waals surface area contributed by atoms with Gasteiger partial charge in [-0.25, -0.2) is 4.85 Å². The summed E-state index contributed by atoms with van der Waals surface area (Å²) < 4.78 is 6.79. The predicted molar refractivity (Wildman–Crippen MR) is 162 cm³/mol. The second-order valence-electron chi connectivity index (χ2n) is 11.0. The van der Waals surface area contributed by atoms with Crippen LogP contribution in [0.15, 0.2) is 45.7 Å². The highest BCUT2D eigenvalue weighted by molar-refractivity contribution is 7.23. The molecule has 9 nitrogen and oxygen atoms in total. The van der Waals surface area contributed by atoms with Gasteiger partial charge in [-0.05, 0) is 75.0 Å². The number of imide groups is 2. The summed E-state index contributed by atoms with van der Waals surface area (Å²) in [7, 11) is 2.75. The number of carbonyl (C=O) groups excluding carboxylic acids is 4. The summed E-state index contributed by atoms with van der Waals surface area (Å²) in [5.41, 5.74) is 1.73. The molecule has 2 aromatic heterocycles. The van der Waals surface area contributed by atoms with Crippen LogP contribution in [-0.4, -0.2) is 47.5 Å². The summed E-state index contributed by atoms with van der Waals surface area (Å²) in [4.78, 5) is 59.8. The molecule has 0 atom stereocenters.